The molecule has 1 saturated heterocycles. The predicted octanol–water partition coefficient (Wildman–Crippen LogP) is 2.62. The van der Waals surface area contributed by atoms with E-state index in [0.717, 1.165) is 10.0 Å². The first-order valence-electron chi connectivity index (χ1n) is 7.69. The van der Waals surface area contributed by atoms with E-state index in [2.05, 4.69) is 21.2 Å². The summed E-state index contributed by atoms with van der Waals surface area (Å²) in [5.41, 5.74) is 0.703. The average Bonchev–Trinajstić information content (AvgIpc) is 2.53. The maximum Gasteiger partial charge on any atom is 0.407 e. The summed E-state index contributed by atoms with van der Waals surface area (Å²) in [7, 11) is 0. The van der Waals surface area contributed by atoms with Crippen molar-refractivity contribution in [1.29, 1.82) is 0 Å². The van der Waals surface area contributed by atoms with Crippen LogP contribution in [0.2, 0.25) is 0 Å². The Labute approximate surface area is 149 Å². The largest absolute Gasteiger partial charge is 0.465 e. The van der Waals surface area contributed by atoms with Crippen LogP contribution in [0.5, 0.6) is 0 Å². The minimum absolute atomic E-state index is 0.172. The number of carboxylic acid groups (broad SMARTS) is 2. The van der Waals surface area contributed by atoms with Crippen LogP contribution in [0, 0.1) is 0 Å². The van der Waals surface area contributed by atoms with Gasteiger partial charge in [0.05, 0.1) is 6.04 Å². The number of carbonyl (C=O) groups is 2. The van der Waals surface area contributed by atoms with Crippen LogP contribution in [0.25, 0.3) is 0 Å². The fourth-order valence-electron chi connectivity index (χ4n) is 2.80. The molecule has 0 unspecified atom stereocenters. The standard InChI is InChI=1S/C16H22BrN3O4/c1-16(2,11-3-5-12(17)6-4-11)18-9-13-10-19(14(21)22)7-8-20(13)15(23)24/h3-6,13,18H,7-10H2,1-2H3,(H,21,22)(H,23,24)/t13-/m1/s1. The van der Waals surface area contributed by atoms with Gasteiger partial charge in [0.1, 0.15) is 0 Å². The van der Waals surface area contributed by atoms with E-state index in [1.807, 2.05) is 38.1 Å². The Morgan fingerprint density at radius 1 is 1.21 bits per heavy atom. The summed E-state index contributed by atoms with van der Waals surface area (Å²) in [6.07, 6.45) is -2.04. The number of amides is 2. The number of hydrogen-bond acceptors (Lipinski definition) is 3. The Hall–Kier alpha value is -1.80. The maximum atomic E-state index is 11.4. The van der Waals surface area contributed by atoms with Crippen LogP contribution in [-0.2, 0) is 5.54 Å². The lowest BCUT2D eigenvalue weighted by atomic mass is 9.94. The van der Waals surface area contributed by atoms with Crippen molar-refractivity contribution in [2.75, 3.05) is 26.2 Å². The van der Waals surface area contributed by atoms with Crippen LogP contribution in [-0.4, -0.2) is 64.4 Å². The monoisotopic (exact) mass is 399 g/mol. The molecule has 0 bridgehead atoms. The molecule has 7 nitrogen and oxygen atoms in total. The minimum atomic E-state index is -1.02. The first-order valence-corrected chi connectivity index (χ1v) is 8.48. The van der Waals surface area contributed by atoms with Gasteiger partial charge >= 0.3 is 12.2 Å². The molecule has 132 valence electrons. The van der Waals surface area contributed by atoms with E-state index >= 15 is 0 Å². The Morgan fingerprint density at radius 3 is 2.38 bits per heavy atom. The van der Waals surface area contributed by atoms with Crippen LogP contribution in [0.15, 0.2) is 28.7 Å². The molecule has 2 amide bonds. The number of rotatable bonds is 4. The molecule has 1 aromatic rings. The summed E-state index contributed by atoms with van der Waals surface area (Å²) >= 11 is 3.40. The van der Waals surface area contributed by atoms with Gasteiger partial charge in [-0.05, 0) is 31.5 Å². The third-order valence-corrected chi connectivity index (χ3v) is 4.87. The molecule has 1 fully saturated rings. The molecule has 0 saturated carbocycles. The molecule has 1 atom stereocenters. The first-order chi connectivity index (χ1) is 11.2. The number of piperazine rings is 1. The lowest BCUT2D eigenvalue weighted by molar-refractivity contribution is 0.0612. The number of hydrogen-bond donors (Lipinski definition) is 3. The molecule has 0 aromatic heterocycles. The van der Waals surface area contributed by atoms with Gasteiger partial charge in [-0.2, -0.15) is 0 Å². The summed E-state index contributed by atoms with van der Waals surface area (Å²) in [6, 6.07) is 7.49. The van der Waals surface area contributed by atoms with E-state index in [-0.39, 0.29) is 25.2 Å². The van der Waals surface area contributed by atoms with Crippen LogP contribution in [0.4, 0.5) is 9.59 Å². The molecular formula is C16H22BrN3O4. The maximum absolute atomic E-state index is 11.4. The molecule has 0 spiro atoms. The van der Waals surface area contributed by atoms with Crippen LogP contribution in [0.3, 0.4) is 0 Å². The highest BCUT2D eigenvalue weighted by Gasteiger charge is 2.33. The van der Waals surface area contributed by atoms with Crippen molar-refractivity contribution < 1.29 is 19.8 Å². The Kier molecular flexibility index (Phi) is 5.71. The molecule has 3 N–H and O–H groups in total. The first kappa shape index (κ1) is 18.5. The van der Waals surface area contributed by atoms with E-state index in [9.17, 15) is 14.7 Å². The summed E-state index contributed by atoms with van der Waals surface area (Å²) < 4.78 is 0.989. The van der Waals surface area contributed by atoms with Crippen LogP contribution >= 0.6 is 15.9 Å². The number of halogens is 1. The van der Waals surface area contributed by atoms with Crippen molar-refractivity contribution in [3.8, 4) is 0 Å². The molecule has 1 heterocycles. The highest BCUT2D eigenvalue weighted by Crippen LogP contribution is 2.22. The van der Waals surface area contributed by atoms with Crippen molar-refractivity contribution in [2.24, 2.45) is 0 Å². The molecular weight excluding hydrogens is 378 g/mol. The zero-order chi connectivity index (χ0) is 17.9. The zero-order valence-corrected chi connectivity index (χ0v) is 15.3. The highest BCUT2D eigenvalue weighted by molar-refractivity contribution is 9.10. The molecule has 1 aliphatic rings. The fourth-order valence-corrected chi connectivity index (χ4v) is 3.06. The Morgan fingerprint density at radius 2 is 1.83 bits per heavy atom. The van der Waals surface area contributed by atoms with Gasteiger partial charge in [-0.25, -0.2) is 9.59 Å². The second-order valence-corrected chi connectivity index (χ2v) is 7.29. The van der Waals surface area contributed by atoms with E-state index in [0.29, 0.717) is 6.54 Å². The van der Waals surface area contributed by atoms with Crippen molar-refractivity contribution in [3.05, 3.63) is 34.3 Å². The van der Waals surface area contributed by atoms with Crippen molar-refractivity contribution in [3.63, 3.8) is 0 Å². The molecule has 2 rings (SSSR count). The minimum Gasteiger partial charge on any atom is -0.465 e. The topological polar surface area (TPSA) is 93.1 Å². The number of nitrogens with one attached hydrogen (secondary N) is 1. The fraction of sp³-hybridized carbons (Fsp3) is 0.500. The number of benzene rings is 1. The smallest absolute Gasteiger partial charge is 0.407 e. The molecule has 0 radical (unpaired) electrons. The van der Waals surface area contributed by atoms with Crippen molar-refractivity contribution in [1.82, 2.24) is 15.1 Å². The summed E-state index contributed by atoms with van der Waals surface area (Å²) in [6.45, 7) is 4.96. The van der Waals surface area contributed by atoms with Gasteiger partial charge in [0.15, 0.2) is 0 Å². The Balaban J connectivity index is 2.06. The van der Waals surface area contributed by atoms with E-state index < -0.39 is 18.2 Å². The lowest BCUT2D eigenvalue weighted by Crippen LogP contribution is -2.60. The lowest BCUT2D eigenvalue weighted by Gasteiger charge is -2.40. The van der Waals surface area contributed by atoms with E-state index in [1.165, 1.54) is 9.80 Å². The SMILES string of the molecule is CC(C)(NC[C@@H]1CN(C(=O)O)CCN1C(=O)O)c1ccc(Br)cc1. The molecule has 1 aromatic carbocycles. The second-order valence-electron chi connectivity index (χ2n) is 6.37. The summed E-state index contributed by atoms with van der Waals surface area (Å²) in [4.78, 5) is 25.1. The van der Waals surface area contributed by atoms with Gasteiger partial charge < -0.3 is 25.3 Å². The van der Waals surface area contributed by atoms with Gasteiger partial charge in [-0.15, -0.1) is 0 Å². The van der Waals surface area contributed by atoms with Crippen LogP contribution < -0.4 is 5.32 Å². The normalized spacial score (nSPS) is 18.5. The third kappa shape index (κ3) is 4.39. The molecule has 24 heavy (non-hydrogen) atoms. The molecule has 8 heteroatoms. The Bertz CT molecular complexity index is 606. The van der Waals surface area contributed by atoms with Gasteiger partial charge in [-0.3, -0.25) is 0 Å². The van der Waals surface area contributed by atoms with E-state index in [4.69, 9.17) is 5.11 Å². The predicted molar refractivity (Wildman–Crippen MR) is 93.3 cm³/mol. The average molecular weight is 400 g/mol. The van der Waals surface area contributed by atoms with Crippen molar-refractivity contribution in [2.45, 2.75) is 25.4 Å². The van der Waals surface area contributed by atoms with Gasteiger partial charge in [0.2, 0.25) is 0 Å². The van der Waals surface area contributed by atoms with Gasteiger partial charge in [-0.1, -0.05) is 28.1 Å². The van der Waals surface area contributed by atoms with E-state index in [1.54, 1.807) is 0 Å². The number of nitrogens with zero attached hydrogens (tertiary/aromatic N) is 2. The van der Waals surface area contributed by atoms with Crippen molar-refractivity contribution >= 4 is 28.1 Å². The zero-order valence-electron chi connectivity index (χ0n) is 13.7. The summed E-state index contributed by atoms with van der Waals surface area (Å²) in [5.74, 6) is 0. The molecule has 1 aliphatic heterocycles. The van der Waals surface area contributed by atoms with Gasteiger partial charge in [0.25, 0.3) is 0 Å². The third-order valence-electron chi connectivity index (χ3n) is 4.34. The summed E-state index contributed by atoms with van der Waals surface area (Å²) in [5, 5.41) is 21.9. The second kappa shape index (κ2) is 7.40. The highest BCUT2D eigenvalue weighted by atomic mass is 79.9. The quantitative estimate of drug-likeness (QED) is 0.723. The molecule has 0 aliphatic carbocycles. The van der Waals surface area contributed by atoms with Crippen LogP contribution in [0.1, 0.15) is 19.4 Å². The van der Waals surface area contributed by atoms with Gasteiger partial charge in [0, 0.05) is 36.2 Å².